The Kier molecular flexibility index (Phi) is 5.44. The quantitative estimate of drug-likeness (QED) is 0.760. The van der Waals surface area contributed by atoms with Crippen molar-refractivity contribution in [3.05, 3.63) is 42.5 Å². The molecule has 7 nitrogen and oxygen atoms in total. The maximum absolute atomic E-state index is 12.9. The largest absolute Gasteiger partial charge is 0.486 e. The van der Waals surface area contributed by atoms with Crippen molar-refractivity contribution in [2.75, 3.05) is 29.8 Å². The monoisotopic (exact) mass is 411 g/mol. The topological polar surface area (TPSA) is 80.2 Å². The first-order valence-corrected chi connectivity index (χ1v) is 10.5. The minimum atomic E-state index is -0.488. The average Bonchev–Trinajstić information content (AvgIpc) is 3.20. The first kappa shape index (κ1) is 19.3. The number of hydrogen-bond acceptors (Lipinski definition) is 7. The zero-order valence-corrected chi connectivity index (χ0v) is 17.0. The van der Waals surface area contributed by atoms with Crippen molar-refractivity contribution < 1.29 is 19.1 Å². The van der Waals surface area contributed by atoms with Crippen LogP contribution in [0.4, 0.5) is 11.4 Å². The number of thioether (sulfide) groups is 1. The fraction of sp³-hybridized carbons (Fsp3) is 0.286. The molecule has 2 heterocycles. The average molecular weight is 411 g/mol. The van der Waals surface area contributed by atoms with E-state index in [9.17, 15) is 9.59 Å². The van der Waals surface area contributed by atoms with Crippen LogP contribution in [0, 0.1) is 0 Å². The highest BCUT2D eigenvalue weighted by molar-refractivity contribution is 7.98. The van der Waals surface area contributed by atoms with E-state index in [-0.39, 0.29) is 18.1 Å². The molecule has 2 aliphatic rings. The van der Waals surface area contributed by atoms with Gasteiger partial charge in [0.15, 0.2) is 17.3 Å². The summed E-state index contributed by atoms with van der Waals surface area (Å²) in [7, 11) is 0. The molecule has 0 saturated carbocycles. The van der Waals surface area contributed by atoms with Gasteiger partial charge >= 0.3 is 0 Å². The van der Waals surface area contributed by atoms with Gasteiger partial charge in [-0.05, 0) is 31.4 Å². The minimum Gasteiger partial charge on any atom is -0.486 e. The van der Waals surface area contributed by atoms with Crippen LogP contribution in [-0.4, -0.2) is 42.9 Å². The molecular formula is C21H21N3O4S. The minimum absolute atomic E-state index is 0.0375. The lowest BCUT2D eigenvalue weighted by Crippen LogP contribution is -2.33. The molecule has 4 rings (SSSR count). The number of carbonyl (C=O) groups excluding carboxylic acids is 2. The smallest absolute Gasteiger partial charge is 0.271 e. The predicted molar refractivity (Wildman–Crippen MR) is 113 cm³/mol. The third kappa shape index (κ3) is 3.93. The van der Waals surface area contributed by atoms with E-state index in [0.717, 1.165) is 10.6 Å². The number of carbonyl (C=O) groups is 2. The number of rotatable bonds is 5. The Hall–Kier alpha value is -3.00. The first-order chi connectivity index (χ1) is 14.1. The lowest BCUT2D eigenvalue weighted by atomic mass is 10.1. The van der Waals surface area contributed by atoms with Crippen LogP contribution in [0.1, 0.15) is 13.3 Å². The number of benzene rings is 2. The molecule has 150 valence electrons. The van der Waals surface area contributed by atoms with E-state index < -0.39 is 6.04 Å². The summed E-state index contributed by atoms with van der Waals surface area (Å²) in [6.45, 7) is 2.49. The number of amides is 1. The van der Waals surface area contributed by atoms with Gasteiger partial charge in [-0.25, -0.2) is 0 Å². The molecule has 0 spiro atoms. The number of nitrogens with zero attached hydrogens (tertiary/aromatic N) is 2. The molecule has 8 heteroatoms. The highest BCUT2D eigenvalue weighted by Crippen LogP contribution is 2.39. The van der Waals surface area contributed by atoms with E-state index in [1.807, 2.05) is 42.7 Å². The summed E-state index contributed by atoms with van der Waals surface area (Å²) in [4.78, 5) is 25.9. The summed E-state index contributed by atoms with van der Waals surface area (Å²) < 4.78 is 11.2. The van der Waals surface area contributed by atoms with Crippen LogP contribution in [0.15, 0.2) is 52.5 Å². The van der Waals surface area contributed by atoms with Crippen LogP contribution in [0.2, 0.25) is 0 Å². The Morgan fingerprint density at radius 2 is 1.83 bits per heavy atom. The molecule has 1 atom stereocenters. The van der Waals surface area contributed by atoms with Gasteiger partial charge in [0.1, 0.15) is 25.0 Å². The molecule has 29 heavy (non-hydrogen) atoms. The van der Waals surface area contributed by atoms with Gasteiger partial charge in [-0.15, -0.1) is 11.8 Å². The molecular weight excluding hydrogens is 390 g/mol. The van der Waals surface area contributed by atoms with Gasteiger partial charge in [-0.2, -0.15) is 5.10 Å². The third-order valence-corrected chi connectivity index (χ3v) is 5.55. The van der Waals surface area contributed by atoms with Crippen molar-refractivity contribution >= 4 is 40.5 Å². The number of ether oxygens (including phenoxy) is 2. The summed E-state index contributed by atoms with van der Waals surface area (Å²) in [5.41, 5.74) is 1.72. The number of para-hydroxylation sites is 1. The fourth-order valence-corrected chi connectivity index (χ4v) is 3.87. The van der Waals surface area contributed by atoms with Gasteiger partial charge < -0.3 is 14.8 Å². The van der Waals surface area contributed by atoms with Gasteiger partial charge in [0, 0.05) is 17.4 Å². The second-order valence-electron chi connectivity index (χ2n) is 6.71. The highest BCUT2D eigenvalue weighted by Gasteiger charge is 2.34. The molecule has 2 aromatic carbocycles. The van der Waals surface area contributed by atoms with Crippen LogP contribution in [0.25, 0.3) is 0 Å². The fourth-order valence-electron chi connectivity index (χ4n) is 3.31. The predicted octanol–water partition coefficient (Wildman–Crippen LogP) is 3.34. The number of hydrazone groups is 1. The Bertz CT molecular complexity index is 977. The molecule has 2 aromatic rings. The zero-order valence-electron chi connectivity index (χ0n) is 16.2. The molecule has 0 aromatic heterocycles. The maximum Gasteiger partial charge on any atom is 0.271 e. The van der Waals surface area contributed by atoms with E-state index in [4.69, 9.17) is 9.47 Å². The van der Waals surface area contributed by atoms with Crippen LogP contribution < -0.4 is 19.8 Å². The molecule has 0 bridgehead atoms. The zero-order chi connectivity index (χ0) is 20.4. The summed E-state index contributed by atoms with van der Waals surface area (Å²) in [5, 5.41) is 9.00. The number of hydrogen-bond donors (Lipinski definition) is 1. The molecule has 0 aliphatic carbocycles. The van der Waals surface area contributed by atoms with Crippen LogP contribution in [0.5, 0.6) is 11.5 Å². The van der Waals surface area contributed by atoms with Crippen LogP contribution in [-0.2, 0) is 9.59 Å². The summed E-state index contributed by atoms with van der Waals surface area (Å²) in [6.07, 6.45) is 2.19. The lowest BCUT2D eigenvalue weighted by molar-refractivity contribution is -0.118. The second kappa shape index (κ2) is 8.16. The second-order valence-corrected chi connectivity index (χ2v) is 7.56. The number of anilines is 2. The molecule has 1 unspecified atom stereocenters. The standard InChI is InChI=1S/C21H21N3O4S/c1-13(25)17-10-16(23-24(17)14-6-4-3-5-7-14)21(26)22-15-11-18-19(12-20(15)29-2)28-9-8-27-18/h3-7,11-12,17H,8-10H2,1-2H3,(H,22,26). The molecule has 0 fully saturated rings. The number of fused-ring (bicyclic) bond motifs is 1. The van der Waals surface area contributed by atoms with Crippen molar-refractivity contribution in [2.24, 2.45) is 5.10 Å². The highest BCUT2D eigenvalue weighted by atomic mass is 32.2. The number of nitrogens with one attached hydrogen (secondary N) is 1. The first-order valence-electron chi connectivity index (χ1n) is 9.28. The number of Topliss-reactive ketones (excluding diaryl/α,β-unsaturated/α-hetero) is 1. The Labute approximate surface area is 173 Å². The van der Waals surface area contributed by atoms with E-state index in [1.165, 1.54) is 18.7 Å². The van der Waals surface area contributed by atoms with Gasteiger partial charge in [0.25, 0.3) is 5.91 Å². The summed E-state index contributed by atoms with van der Waals surface area (Å²) in [5.74, 6) is 0.903. The van der Waals surface area contributed by atoms with Crippen molar-refractivity contribution in [3.63, 3.8) is 0 Å². The Balaban J connectivity index is 1.59. The Morgan fingerprint density at radius 1 is 1.14 bits per heavy atom. The van der Waals surface area contributed by atoms with Gasteiger partial charge in [0.05, 0.1) is 11.4 Å². The van der Waals surface area contributed by atoms with Crippen LogP contribution >= 0.6 is 11.8 Å². The normalized spacial score (nSPS) is 17.7. The third-order valence-electron chi connectivity index (χ3n) is 4.77. The molecule has 0 radical (unpaired) electrons. The van der Waals surface area contributed by atoms with Gasteiger partial charge in [0.2, 0.25) is 0 Å². The van der Waals surface area contributed by atoms with E-state index in [1.54, 1.807) is 11.1 Å². The summed E-state index contributed by atoms with van der Waals surface area (Å²) in [6, 6.07) is 12.5. The molecule has 1 amide bonds. The lowest BCUT2D eigenvalue weighted by Gasteiger charge is -2.20. The molecule has 1 N–H and O–H groups in total. The van der Waals surface area contributed by atoms with E-state index in [0.29, 0.717) is 36.1 Å². The van der Waals surface area contributed by atoms with Gasteiger partial charge in [-0.1, -0.05) is 18.2 Å². The van der Waals surface area contributed by atoms with E-state index >= 15 is 0 Å². The van der Waals surface area contributed by atoms with Crippen molar-refractivity contribution in [2.45, 2.75) is 24.3 Å². The van der Waals surface area contributed by atoms with Crippen LogP contribution in [0.3, 0.4) is 0 Å². The molecule has 0 saturated heterocycles. The van der Waals surface area contributed by atoms with Gasteiger partial charge in [-0.3, -0.25) is 14.6 Å². The number of ketones is 1. The van der Waals surface area contributed by atoms with Crippen molar-refractivity contribution in [1.29, 1.82) is 0 Å². The van der Waals surface area contributed by atoms with Crippen molar-refractivity contribution in [1.82, 2.24) is 0 Å². The molecule has 2 aliphatic heterocycles. The summed E-state index contributed by atoms with van der Waals surface area (Å²) >= 11 is 1.50. The maximum atomic E-state index is 12.9. The van der Waals surface area contributed by atoms with E-state index in [2.05, 4.69) is 10.4 Å². The Morgan fingerprint density at radius 3 is 2.48 bits per heavy atom. The SMILES string of the molecule is CSc1cc2c(cc1NC(=O)C1=NN(c3ccccc3)C(C(C)=O)C1)OCCO2. The van der Waals surface area contributed by atoms with Crippen molar-refractivity contribution in [3.8, 4) is 11.5 Å².